The number of rotatable bonds is 6. The summed E-state index contributed by atoms with van der Waals surface area (Å²) >= 11 is 0. The first-order valence-corrected chi connectivity index (χ1v) is 10.0. The molecule has 30 heavy (non-hydrogen) atoms. The zero-order valence-electron chi connectivity index (χ0n) is 17.9. The summed E-state index contributed by atoms with van der Waals surface area (Å²) in [5.74, 6) is -0.932. The topological polar surface area (TPSA) is 109 Å². The van der Waals surface area contributed by atoms with E-state index in [1.54, 1.807) is 56.9 Å². The highest BCUT2D eigenvalue weighted by Crippen LogP contribution is 2.16. The molecule has 8 nitrogen and oxygen atoms in total. The van der Waals surface area contributed by atoms with E-state index in [2.05, 4.69) is 5.32 Å². The number of nitriles is 1. The zero-order valence-corrected chi connectivity index (χ0v) is 17.9. The van der Waals surface area contributed by atoms with Crippen molar-refractivity contribution >= 4 is 17.8 Å². The molecule has 2 rings (SSSR count). The van der Waals surface area contributed by atoms with Gasteiger partial charge in [-0.15, -0.1) is 0 Å². The lowest BCUT2D eigenvalue weighted by Crippen LogP contribution is -2.50. The van der Waals surface area contributed by atoms with E-state index < -0.39 is 17.6 Å². The second-order valence-corrected chi connectivity index (χ2v) is 8.31. The molecular formula is C22H29N3O5. The largest absolute Gasteiger partial charge is 0.458 e. The van der Waals surface area contributed by atoms with E-state index in [0.717, 1.165) is 0 Å². The summed E-state index contributed by atoms with van der Waals surface area (Å²) in [7, 11) is 0. The van der Waals surface area contributed by atoms with Crippen molar-refractivity contribution in [3.05, 3.63) is 35.4 Å². The van der Waals surface area contributed by atoms with Crippen LogP contribution in [0.5, 0.6) is 0 Å². The van der Waals surface area contributed by atoms with Gasteiger partial charge < -0.3 is 19.7 Å². The van der Waals surface area contributed by atoms with E-state index in [4.69, 9.17) is 14.7 Å². The van der Waals surface area contributed by atoms with Crippen molar-refractivity contribution in [3.8, 4) is 6.07 Å². The predicted octanol–water partition coefficient (Wildman–Crippen LogP) is 2.03. The van der Waals surface area contributed by atoms with Crippen LogP contribution in [0.2, 0.25) is 0 Å². The maximum atomic E-state index is 12.6. The SMILES string of the molecule is C[C@H](NC(=O)c1ccc(C#N)cc1)C(=O)N1CCC(OCC(=O)OC(C)(C)C)CC1. The number of hydrogen-bond donors (Lipinski definition) is 1. The Kier molecular flexibility index (Phi) is 7.95. The van der Waals surface area contributed by atoms with Gasteiger partial charge in [-0.25, -0.2) is 4.79 Å². The van der Waals surface area contributed by atoms with Gasteiger partial charge in [-0.05, 0) is 64.8 Å². The van der Waals surface area contributed by atoms with Gasteiger partial charge in [0.05, 0.1) is 17.7 Å². The predicted molar refractivity (Wildman–Crippen MR) is 109 cm³/mol. The van der Waals surface area contributed by atoms with Crippen molar-refractivity contribution < 1.29 is 23.9 Å². The van der Waals surface area contributed by atoms with Gasteiger partial charge in [-0.3, -0.25) is 9.59 Å². The number of nitrogens with one attached hydrogen (secondary N) is 1. The molecule has 1 heterocycles. The lowest BCUT2D eigenvalue weighted by atomic mass is 10.1. The number of likely N-dealkylation sites (tertiary alicyclic amines) is 1. The van der Waals surface area contributed by atoms with Gasteiger partial charge in [-0.1, -0.05) is 0 Å². The quantitative estimate of drug-likeness (QED) is 0.712. The summed E-state index contributed by atoms with van der Waals surface area (Å²) in [6.45, 7) is 7.94. The number of amides is 2. The Morgan fingerprint density at radius 3 is 2.33 bits per heavy atom. The third kappa shape index (κ3) is 7.16. The summed E-state index contributed by atoms with van der Waals surface area (Å²) < 4.78 is 10.8. The number of ether oxygens (including phenoxy) is 2. The minimum atomic E-state index is -0.674. The fourth-order valence-corrected chi connectivity index (χ4v) is 3.11. The van der Waals surface area contributed by atoms with Crippen LogP contribution in [-0.4, -0.2) is 60.1 Å². The fraction of sp³-hybridized carbons (Fsp3) is 0.545. The average Bonchev–Trinajstić information content (AvgIpc) is 2.70. The van der Waals surface area contributed by atoms with Crippen LogP contribution in [-0.2, 0) is 19.1 Å². The standard InChI is InChI=1S/C22H29N3O5/c1-15(24-20(27)17-7-5-16(13-23)6-8-17)21(28)25-11-9-18(10-12-25)29-14-19(26)30-22(2,3)4/h5-8,15,18H,9-12,14H2,1-4H3,(H,24,27)/t15-/m0/s1. The van der Waals surface area contributed by atoms with Gasteiger partial charge in [0.1, 0.15) is 18.2 Å². The van der Waals surface area contributed by atoms with Crippen LogP contribution in [0.4, 0.5) is 0 Å². The average molecular weight is 415 g/mol. The molecule has 1 aliphatic rings. The third-order valence-electron chi connectivity index (χ3n) is 4.60. The lowest BCUT2D eigenvalue weighted by Gasteiger charge is -2.33. The zero-order chi connectivity index (χ0) is 22.3. The Labute approximate surface area is 177 Å². The van der Waals surface area contributed by atoms with Crippen molar-refractivity contribution in [2.45, 2.75) is 58.3 Å². The first kappa shape index (κ1) is 23.4. The molecule has 162 valence electrons. The number of carbonyl (C=O) groups excluding carboxylic acids is 3. The minimum absolute atomic E-state index is 0.104. The van der Waals surface area contributed by atoms with Crippen LogP contribution in [0.15, 0.2) is 24.3 Å². The number of piperidine rings is 1. The van der Waals surface area contributed by atoms with E-state index >= 15 is 0 Å². The molecule has 0 saturated carbocycles. The van der Waals surface area contributed by atoms with Gasteiger partial charge in [0, 0.05) is 18.7 Å². The van der Waals surface area contributed by atoms with Crippen molar-refractivity contribution in [3.63, 3.8) is 0 Å². The molecule has 1 aliphatic heterocycles. The number of nitrogens with zero attached hydrogens (tertiary/aromatic N) is 2. The van der Waals surface area contributed by atoms with Gasteiger partial charge in [0.2, 0.25) is 5.91 Å². The van der Waals surface area contributed by atoms with E-state index in [-0.39, 0.29) is 24.5 Å². The first-order chi connectivity index (χ1) is 14.1. The van der Waals surface area contributed by atoms with Crippen molar-refractivity contribution in [1.29, 1.82) is 5.26 Å². The maximum absolute atomic E-state index is 12.6. The summed E-state index contributed by atoms with van der Waals surface area (Å²) in [5, 5.41) is 11.5. The van der Waals surface area contributed by atoms with Crippen LogP contribution in [0.25, 0.3) is 0 Å². The van der Waals surface area contributed by atoms with Gasteiger partial charge in [0.15, 0.2) is 0 Å². The van der Waals surface area contributed by atoms with E-state index in [1.165, 1.54) is 0 Å². The highest BCUT2D eigenvalue weighted by Gasteiger charge is 2.28. The van der Waals surface area contributed by atoms with Crippen molar-refractivity contribution in [2.75, 3.05) is 19.7 Å². The Hall–Kier alpha value is -2.92. The molecule has 0 spiro atoms. The van der Waals surface area contributed by atoms with Crippen LogP contribution in [0, 0.1) is 11.3 Å². The monoisotopic (exact) mass is 415 g/mol. The third-order valence-corrected chi connectivity index (χ3v) is 4.60. The van der Waals surface area contributed by atoms with Crippen LogP contribution in [0.1, 0.15) is 56.5 Å². The normalized spacial score (nSPS) is 15.8. The smallest absolute Gasteiger partial charge is 0.332 e. The summed E-state index contributed by atoms with van der Waals surface area (Å²) in [5.41, 5.74) is 0.310. The number of hydrogen-bond acceptors (Lipinski definition) is 6. The molecule has 1 aromatic carbocycles. The first-order valence-electron chi connectivity index (χ1n) is 10.0. The maximum Gasteiger partial charge on any atom is 0.332 e. The molecule has 0 aromatic heterocycles. The molecular weight excluding hydrogens is 386 g/mol. The molecule has 1 aromatic rings. The van der Waals surface area contributed by atoms with E-state index in [0.29, 0.717) is 37.1 Å². The molecule has 0 radical (unpaired) electrons. The van der Waals surface area contributed by atoms with Crippen LogP contribution in [0.3, 0.4) is 0 Å². The summed E-state index contributed by atoms with van der Waals surface area (Å²) in [6.07, 6.45) is 1.13. The fourth-order valence-electron chi connectivity index (χ4n) is 3.11. The molecule has 1 fully saturated rings. The Bertz CT molecular complexity index is 800. The second-order valence-electron chi connectivity index (χ2n) is 8.31. The van der Waals surface area contributed by atoms with Gasteiger partial charge in [0.25, 0.3) is 5.91 Å². The Morgan fingerprint density at radius 1 is 1.20 bits per heavy atom. The summed E-state index contributed by atoms with van der Waals surface area (Å²) in [4.78, 5) is 38.4. The Morgan fingerprint density at radius 2 is 1.80 bits per heavy atom. The number of benzene rings is 1. The van der Waals surface area contributed by atoms with E-state index in [9.17, 15) is 14.4 Å². The molecule has 0 aliphatic carbocycles. The molecule has 1 N–H and O–H groups in total. The van der Waals surface area contributed by atoms with Gasteiger partial charge in [-0.2, -0.15) is 5.26 Å². The highest BCUT2D eigenvalue weighted by molar-refractivity contribution is 5.97. The van der Waals surface area contributed by atoms with E-state index in [1.807, 2.05) is 6.07 Å². The minimum Gasteiger partial charge on any atom is -0.458 e. The molecule has 0 unspecified atom stereocenters. The molecule has 0 bridgehead atoms. The molecule has 2 amide bonds. The second kappa shape index (κ2) is 10.2. The summed E-state index contributed by atoms with van der Waals surface area (Å²) in [6, 6.07) is 7.55. The molecule has 1 saturated heterocycles. The molecule has 1 atom stereocenters. The highest BCUT2D eigenvalue weighted by atomic mass is 16.6. The van der Waals surface area contributed by atoms with Crippen LogP contribution >= 0.6 is 0 Å². The lowest BCUT2D eigenvalue weighted by molar-refractivity contribution is -0.163. The van der Waals surface area contributed by atoms with Gasteiger partial charge >= 0.3 is 5.97 Å². The van der Waals surface area contributed by atoms with Crippen molar-refractivity contribution in [1.82, 2.24) is 10.2 Å². The number of carbonyl (C=O) groups is 3. The number of esters is 1. The van der Waals surface area contributed by atoms with Crippen LogP contribution < -0.4 is 5.32 Å². The van der Waals surface area contributed by atoms with Crippen molar-refractivity contribution in [2.24, 2.45) is 0 Å². The molecule has 8 heteroatoms. The Balaban J connectivity index is 1.76.